The molecule has 0 spiro atoms. The monoisotopic (exact) mass is 813 g/mol. The second-order valence-electron chi connectivity index (χ2n) is 19.6. The van der Waals surface area contributed by atoms with E-state index in [0.717, 1.165) is 51.0 Å². The molecule has 0 amide bonds. The van der Waals surface area contributed by atoms with Crippen molar-refractivity contribution in [2.45, 2.75) is 84.0 Å². The van der Waals surface area contributed by atoms with Crippen LogP contribution in [0.1, 0.15) is 101 Å². The van der Waals surface area contributed by atoms with E-state index in [4.69, 9.17) is 14.8 Å². The van der Waals surface area contributed by atoms with Gasteiger partial charge >= 0.3 is 0 Å². The number of aromatic nitrogens is 4. The molecule has 0 radical (unpaired) electrons. The SMILES string of the molecule is CC(C)(C)c1ccc(N2c3ccc(C(C)(C)C)cc3C(c3cccc(Oc4cccc(-n5ncc(-c6ccccc6)n5)c4)c3)(c3ccccn3)c3cc(C(C)(C)C)ccc32)cc1. The van der Waals surface area contributed by atoms with Crippen molar-refractivity contribution >= 4 is 17.1 Å². The number of hydrogen-bond donors (Lipinski definition) is 0. The maximum Gasteiger partial charge on any atom is 0.129 e. The van der Waals surface area contributed by atoms with Crippen LogP contribution in [0.2, 0.25) is 0 Å². The molecule has 310 valence electrons. The second kappa shape index (κ2) is 15.3. The van der Waals surface area contributed by atoms with E-state index < -0.39 is 5.41 Å². The Balaban J connectivity index is 1.25. The molecule has 8 aromatic rings. The second-order valence-corrected chi connectivity index (χ2v) is 19.6. The molecule has 0 bridgehead atoms. The van der Waals surface area contributed by atoms with E-state index in [0.29, 0.717) is 5.75 Å². The maximum absolute atomic E-state index is 6.81. The average Bonchev–Trinajstić information content (AvgIpc) is 3.76. The predicted octanol–water partition coefficient (Wildman–Crippen LogP) is 14.2. The third kappa shape index (κ3) is 7.38. The molecule has 0 atom stereocenters. The predicted molar refractivity (Wildman–Crippen MR) is 254 cm³/mol. The Bertz CT molecular complexity index is 2810. The molecule has 0 saturated heterocycles. The number of anilines is 3. The average molecular weight is 814 g/mol. The van der Waals surface area contributed by atoms with Crippen LogP contribution in [0.3, 0.4) is 0 Å². The number of rotatable bonds is 7. The first kappa shape index (κ1) is 40.6. The molecule has 3 heterocycles. The van der Waals surface area contributed by atoms with Gasteiger partial charge in [-0.25, -0.2) is 0 Å². The third-order valence-electron chi connectivity index (χ3n) is 12.2. The summed E-state index contributed by atoms with van der Waals surface area (Å²) >= 11 is 0. The Labute approximate surface area is 366 Å². The summed E-state index contributed by atoms with van der Waals surface area (Å²) in [5, 5.41) is 9.39. The fraction of sp³-hybridized carbons (Fsp3) is 0.232. The van der Waals surface area contributed by atoms with Crippen LogP contribution in [0.15, 0.2) is 170 Å². The normalized spacial score (nSPS) is 13.7. The quantitative estimate of drug-likeness (QED) is 0.160. The van der Waals surface area contributed by atoms with Gasteiger partial charge in [0.2, 0.25) is 0 Å². The summed E-state index contributed by atoms with van der Waals surface area (Å²) in [5.41, 5.74) is 13.1. The van der Waals surface area contributed by atoms with Gasteiger partial charge in [-0.2, -0.15) is 9.90 Å². The first-order valence-corrected chi connectivity index (χ1v) is 21.6. The molecule has 0 saturated carbocycles. The minimum Gasteiger partial charge on any atom is -0.457 e. The first-order valence-electron chi connectivity index (χ1n) is 21.6. The van der Waals surface area contributed by atoms with Crippen molar-refractivity contribution < 1.29 is 4.74 Å². The van der Waals surface area contributed by atoms with Crippen LogP contribution in [-0.4, -0.2) is 20.0 Å². The summed E-state index contributed by atoms with van der Waals surface area (Å²) in [7, 11) is 0. The minimum atomic E-state index is -0.829. The van der Waals surface area contributed by atoms with Crippen LogP contribution in [0, 0.1) is 0 Å². The summed E-state index contributed by atoms with van der Waals surface area (Å²) < 4.78 is 6.81. The van der Waals surface area contributed by atoms with Gasteiger partial charge in [0.05, 0.1) is 34.4 Å². The van der Waals surface area contributed by atoms with E-state index in [9.17, 15) is 0 Å². The highest BCUT2D eigenvalue weighted by molar-refractivity contribution is 5.90. The van der Waals surface area contributed by atoms with Crippen molar-refractivity contribution in [3.63, 3.8) is 0 Å². The molecule has 6 heteroatoms. The lowest BCUT2D eigenvalue weighted by Gasteiger charge is -2.47. The third-order valence-corrected chi connectivity index (χ3v) is 12.2. The zero-order chi connectivity index (χ0) is 43.4. The van der Waals surface area contributed by atoms with Gasteiger partial charge in [-0.1, -0.05) is 153 Å². The number of pyridine rings is 1. The van der Waals surface area contributed by atoms with Crippen LogP contribution in [-0.2, 0) is 21.7 Å². The topological polar surface area (TPSA) is 56.1 Å². The number of hydrogen-bond acceptors (Lipinski definition) is 5. The Morgan fingerprint density at radius 3 is 1.68 bits per heavy atom. The molecule has 1 aliphatic rings. The Morgan fingerprint density at radius 2 is 1.08 bits per heavy atom. The summed E-state index contributed by atoms with van der Waals surface area (Å²) in [6.07, 6.45) is 3.72. The minimum absolute atomic E-state index is 0.0317. The number of fused-ring (bicyclic) bond motifs is 2. The molecule has 0 fully saturated rings. The fourth-order valence-electron chi connectivity index (χ4n) is 8.71. The number of nitrogens with zero attached hydrogens (tertiary/aromatic N) is 5. The van der Waals surface area contributed by atoms with Gasteiger partial charge in [-0.15, -0.1) is 5.10 Å². The Morgan fingerprint density at radius 1 is 0.500 bits per heavy atom. The van der Waals surface area contributed by atoms with Gasteiger partial charge in [0, 0.05) is 23.5 Å². The van der Waals surface area contributed by atoms with E-state index in [2.05, 4.69) is 163 Å². The highest BCUT2D eigenvalue weighted by Crippen LogP contribution is 2.59. The van der Waals surface area contributed by atoms with Crippen molar-refractivity contribution in [1.82, 2.24) is 20.0 Å². The van der Waals surface area contributed by atoms with Crippen LogP contribution >= 0.6 is 0 Å². The van der Waals surface area contributed by atoms with Crippen molar-refractivity contribution in [3.8, 4) is 28.4 Å². The van der Waals surface area contributed by atoms with Crippen LogP contribution < -0.4 is 9.64 Å². The van der Waals surface area contributed by atoms with Gasteiger partial charge in [-0.3, -0.25) is 4.98 Å². The molecular formula is C56H55N5O. The lowest BCUT2D eigenvalue weighted by molar-refractivity contribution is 0.480. The van der Waals surface area contributed by atoms with Gasteiger partial charge in [0.1, 0.15) is 17.2 Å². The van der Waals surface area contributed by atoms with E-state index in [1.165, 1.54) is 27.8 Å². The van der Waals surface area contributed by atoms with Crippen molar-refractivity contribution in [2.75, 3.05) is 4.90 Å². The molecule has 1 aliphatic heterocycles. The smallest absolute Gasteiger partial charge is 0.129 e. The molecule has 6 nitrogen and oxygen atoms in total. The van der Waals surface area contributed by atoms with Gasteiger partial charge in [0.15, 0.2) is 0 Å². The molecule has 0 N–H and O–H groups in total. The highest BCUT2D eigenvalue weighted by Gasteiger charge is 2.48. The molecule has 62 heavy (non-hydrogen) atoms. The summed E-state index contributed by atoms with van der Waals surface area (Å²) in [6.45, 7) is 20.5. The lowest BCUT2D eigenvalue weighted by Crippen LogP contribution is -2.39. The van der Waals surface area contributed by atoms with Crippen LogP contribution in [0.4, 0.5) is 17.1 Å². The summed E-state index contributed by atoms with van der Waals surface area (Å²) in [5.74, 6) is 1.40. The first-order chi connectivity index (χ1) is 29.6. The lowest BCUT2D eigenvalue weighted by atomic mass is 9.62. The Kier molecular flexibility index (Phi) is 10.0. The zero-order valence-electron chi connectivity index (χ0n) is 37.3. The standard InChI is InChI=1S/C56H55N5O/c1-53(2,3)39-24-28-43(29-25-39)60-50-30-26-40(54(4,5)6)34-47(50)56(52-23-13-14-32-57-52,48-35-41(55(7,8)9)27-31-51(48)60)42-19-15-21-45(33-42)62-46-22-16-20-44(36-46)61-58-37-49(59-61)38-17-11-10-12-18-38/h10-37H,1-9H3. The van der Waals surface area contributed by atoms with E-state index >= 15 is 0 Å². The number of benzene rings is 6. The number of ether oxygens (including phenoxy) is 1. The van der Waals surface area contributed by atoms with E-state index in [1.807, 2.05) is 72.9 Å². The van der Waals surface area contributed by atoms with Crippen molar-refractivity contribution in [2.24, 2.45) is 0 Å². The van der Waals surface area contributed by atoms with E-state index in [-0.39, 0.29) is 16.2 Å². The molecule has 6 aromatic carbocycles. The largest absolute Gasteiger partial charge is 0.457 e. The molecule has 9 rings (SSSR count). The molecule has 0 aliphatic carbocycles. The van der Waals surface area contributed by atoms with Crippen LogP contribution in [0.25, 0.3) is 16.9 Å². The summed E-state index contributed by atoms with van der Waals surface area (Å²) in [6, 6.07) is 56.2. The van der Waals surface area contributed by atoms with Crippen molar-refractivity contribution in [1.29, 1.82) is 0 Å². The van der Waals surface area contributed by atoms with Gasteiger partial charge in [0.25, 0.3) is 0 Å². The molecule has 2 aromatic heterocycles. The van der Waals surface area contributed by atoms with E-state index in [1.54, 1.807) is 11.0 Å². The Hall–Kier alpha value is -6.79. The molecule has 0 unspecified atom stereocenters. The zero-order valence-corrected chi connectivity index (χ0v) is 37.3. The fourth-order valence-corrected chi connectivity index (χ4v) is 8.71. The van der Waals surface area contributed by atoms with Gasteiger partial charge in [-0.05, 0) is 110 Å². The summed E-state index contributed by atoms with van der Waals surface area (Å²) in [4.78, 5) is 9.38. The molecular weight excluding hydrogens is 759 g/mol. The van der Waals surface area contributed by atoms with Gasteiger partial charge < -0.3 is 9.64 Å². The van der Waals surface area contributed by atoms with Crippen LogP contribution in [0.5, 0.6) is 11.5 Å². The van der Waals surface area contributed by atoms with Crippen molar-refractivity contribution in [3.05, 3.63) is 209 Å². The highest BCUT2D eigenvalue weighted by atomic mass is 16.5. The maximum atomic E-state index is 6.81.